The molecule has 0 spiro atoms. The van der Waals surface area contributed by atoms with Gasteiger partial charge in [-0.1, -0.05) is 29.8 Å². The van der Waals surface area contributed by atoms with Crippen LogP contribution in [0.2, 0.25) is 0 Å². The van der Waals surface area contributed by atoms with Gasteiger partial charge in [-0.15, -0.1) is 6.58 Å². The third kappa shape index (κ3) is 5.66. The van der Waals surface area contributed by atoms with Gasteiger partial charge < -0.3 is 10.1 Å². The van der Waals surface area contributed by atoms with E-state index in [4.69, 9.17) is 4.74 Å². The van der Waals surface area contributed by atoms with Crippen LogP contribution in [0.3, 0.4) is 0 Å². The number of hydrogen-bond donors (Lipinski definition) is 1. The van der Waals surface area contributed by atoms with Gasteiger partial charge in [0.15, 0.2) is 0 Å². The molecule has 0 atom stereocenters. The Labute approximate surface area is 105 Å². The molecule has 0 saturated carbocycles. The number of hydrogen-bond acceptors (Lipinski definition) is 2. The normalized spacial score (nSPS) is 10.5. The molecule has 0 aliphatic heterocycles. The highest BCUT2D eigenvalue weighted by Crippen LogP contribution is 2.09. The van der Waals surface area contributed by atoms with Crippen LogP contribution in [0.4, 0.5) is 0 Å². The molecule has 0 amide bonds. The van der Waals surface area contributed by atoms with E-state index in [-0.39, 0.29) is 0 Å². The molecule has 0 radical (unpaired) electrons. The lowest BCUT2D eigenvalue weighted by Crippen LogP contribution is -2.19. The summed E-state index contributed by atoms with van der Waals surface area (Å²) >= 11 is 0. The fraction of sp³-hybridized carbons (Fsp3) is 0.467. The topological polar surface area (TPSA) is 21.3 Å². The summed E-state index contributed by atoms with van der Waals surface area (Å²) in [5, 5.41) is 3.39. The summed E-state index contributed by atoms with van der Waals surface area (Å²) in [5.41, 5.74) is 4.03. The van der Waals surface area contributed by atoms with Crippen molar-refractivity contribution < 1.29 is 4.74 Å². The molecule has 17 heavy (non-hydrogen) atoms. The van der Waals surface area contributed by atoms with Crippen LogP contribution in [0.1, 0.15) is 23.1 Å². The minimum Gasteiger partial charge on any atom is -0.380 e. The fourth-order valence-corrected chi connectivity index (χ4v) is 1.68. The molecule has 0 bridgehead atoms. The van der Waals surface area contributed by atoms with E-state index in [9.17, 15) is 0 Å². The molecule has 0 aliphatic carbocycles. The average molecular weight is 233 g/mol. The second-order valence-corrected chi connectivity index (χ2v) is 4.30. The highest BCUT2D eigenvalue weighted by molar-refractivity contribution is 5.30. The molecule has 0 aromatic heterocycles. The number of benzene rings is 1. The second kappa shape index (κ2) is 8.04. The molecule has 0 fully saturated rings. The van der Waals surface area contributed by atoms with Crippen LogP contribution in [-0.2, 0) is 11.3 Å². The quantitative estimate of drug-likeness (QED) is 0.550. The first-order valence-electron chi connectivity index (χ1n) is 6.19. The molecule has 1 aromatic carbocycles. The lowest BCUT2D eigenvalue weighted by Gasteiger charge is -2.08. The first-order valence-corrected chi connectivity index (χ1v) is 6.19. The summed E-state index contributed by atoms with van der Waals surface area (Å²) in [5.74, 6) is 0. The molecule has 0 unspecified atom stereocenters. The molecule has 2 heteroatoms. The highest BCUT2D eigenvalue weighted by atomic mass is 16.5. The molecule has 1 rings (SSSR count). The average Bonchev–Trinajstić information content (AvgIpc) is 2.30. The van der Waals surface area contributed by atoms with Gasteiger partial charge in [-0.25, -0.2) is 0 Å². The van der Waals surface area contributed by atoms with E-state index < -0.39 is 0 Å². The minimum atomic E-state index is 0.763. The molecule has 94 valence electrons. The summed E-state index contributed by atoms with van der Waals surface area (Å²) in [6, 6.07) is 6.57. The van der Waals surface area contributed by atoms with Crippen molar-refractivity contribution in [2.45, 2.75) is 26.8 Å². The first-order chi connectivity index (χ1) is 8.24. The van der Waals surface area contributed by atoms with Gasteiger partial charge in [0.1, 0.15) is 0 Å². The Hall–Kier alpha value is -1.12. The molecule has 2 nitrogen and oxygen atoms in total. The van der Waals surface area contributed by atoms with Gasteiger partial charge in [-0.3, -0.25) is 0 Å². The zero-order valence-corrected chi connectivity index (χ0v) is 11.0. The van der Waals surface area contributed by atoms with Gasteiger partial charge in [-0.05, 0) is 31.4 Å². The maximum atomic E-state index is 5.43. The lowest BCUT2D eigenvalue weighted by molar-refractivity contribution is 0.140. The van der Waals surface area contributed by atoms with Crippen molar-refractivity contribution in [1.82, 2.24) is 5.32 Å². The maximum Gasteiger partial charge on any atom is 0.0591 e. The molecule has 1 aromatic rings. The van der Waals surface area contributed by atoms with Crippen LogP contribution in [0.25, 0.3) is 0 Å². The largest absolute Gasteiger partial charge is 0.380 e. The number of ether oxygens (including phenoxy) is 1. The molecule has 0 aliphatic rings. The summed E-state index contributed by atoms with van der Waals surface area (Å²) in [7, 11) is 0. The molecule has 0 heterocycles. The van der Waals surface area contributed by atoms with Gasteiger partial charge in [0, 0.05) is 13.1 Å². The van der Waals surface area contributed by atoms with Gasteiger partial charge >= 0.3 is 0 Å². The molecular formula is C15H23NO. The highest BCUT2D eigenvalue weighted by Gasteiger charge is 1.97. The monoisotopic (exact) mass is 233 g/mol. The van der Waals surface area contributed by atoms with Crippen molar-refractivity contribution in [3.63, 3.8) is 0 Å². The third-order valence-corrected chi connectivity index (χ3v) is 2.70. The summed E-state index contributed by atoms with van der Waals surface area (Å²) in [6.45, 7) is 11.3. The van der Waals surface area contributed by atoms with Crippen molar-refractivity contribution in [3.8, 4) is 0 Å². The van der Waals surface area contributed by atoms with Crippen LogP contribution in [0.15, 0.2) is 30.9 Å². The van der Waals surface area contributed by atoms with Crippen LogP contribution < -0.4 is 5.32 Å². The lowest BCUT2D eigenvalue weighted by atomic mass is 10.1. The zero-order chi connectivity index (χ0) is 12.5. The Kier molecular flexibility index (Phi) is 6.60. The Balaban J connectivity index is 2.15. The SMILES string of the molecule is C=CCCOCCNCc1ccc(C)cc1C. The predicted molar refractivity (Wildman–Crippen MR) is 73.3 cm³/mol. The zero-order valence-electron chi connectivity index (χ0n) is 11.0. The van der Waals surface area contributed by atoms with Crippen molar-refractivity contribution >= 4 is 0 Å². The van der Waals surface area contributed by atoms with E-state index >= 15 is 0 Å². The van der Waals surface area contributed by atoms with Gasteiger partial charge in [0.05, 0.1) is 13.2 Å². The predicted octanol–water partition coefficient (Wildman–Crippen LogP) is 2.99. The summed E-state index contributed by atoms with van der Waals surface area (Å²) < 4.78 is 5.43. The van der Waals surface area contributed by atoms with Gasteiger partial charge in [0.25, 0.3) is 0 Å². The van der Waals surface area contributed by atoms with E-state index in [1.807, 2.05) is 6.08 Å². The number of aryl methyl sites for hydroxylation is 2. The summed E-state index contributed by atoms with van der Waals surface area (Å²) in [4.78, 5) is 0. The van der Waals surface area contributed by atoms with Crippen LogP contribution in [0.5, 0.6) is 0 Å². The second-order valence-electron chi connectivity index (χ2n) is 4.30. The minimum absolute atomic E-state index is 0.763. The van der Waals surface area contributed by atoms with Crippen LogP contribution in [0, 0.1) is 13.8 Å². The first kappa shape index (κ1) is 13.9. The van der Waals surface area contributed by atoms with E-state index in [1.54, 1.807) is 0 Å². The van der Waals surface area contributed by atoms with Crippen molar-refractivity contribution in [1.29, 1.82) is 0 Å². The van der Waals surface area contributed by atoms with Crippen molar-refractivity contribution in [2.24, 2.45) is 0 Å². The Morgan fingerprint density at radius 2 is 2.12 bits per heavy atom. The Bertz CT molecular complexity index is 347. The van der Waals surface area contributed by atoms with Crippen LogP contribution in [-0.4, -0.2) is 19.8 Å². The third-order valence-electron chi connectivity index (χ3n) is 2.70. The van der Waals surface area contributed by atoms with E-state index in [0.717, 1.165) is 32.7 Å². The van der Waals surface area contributed by atoms with Gasteiger partial charge in [0.2, 0.25) is 0 Å². The van der Waals surface area contributed by atoms with Crippen molar-refractivity contribution in [3.05, 3.63) is 47.5 Å². The fourth-order valence-electron chi connectivity index (χ4n) is 1.68. The molecule has 0 saturated heterocycles. The maximum absolute atomic E-state index is 5.43. The summed E-state index contributed by atoms with van der Waals surface area (Å²) in [6.07, 6.45) is 2.81. The van der Waals surface area contributed by atoms with E-state index in [1.165, 1.54) is 16.7 Å². The standard InChI is InChI=1S/C15H23NO/c1-4-5-9-17-10-8-16-12-15-7-6-13(2)11-14(15)3/h4,6-7,11,16H,1,5,8-10,12H2,2-3H3. The van der Waals surface area contributed by atoms with E-state index in [0.29, 0.717) is 0 Å². The van der Waals surface area contributed by atoms with Crippen LogP contribution >= 0.6 is 0 Å². The number of nitrogens with one attached hydrogen (secondary N) is 1. The number of rotatable bonds is 8. The smallest absolute Gasteiger partial charge is 0.0591 e. The molecular weight excluding hydrogens is 210 g/mol. The molecule has 1 N–H and O–H groups in total. The van der Waals surface area contributed by atoms with Crippen molar-refractivity contribution in [2.75, 3.05) is 19.8 Å². The Morgan fingerprint density at radius 1 is 1.29 bits per heavy atom. The van der Waals surface area contributed by atoms with Gasteiger partial charge in [-0.2, -0.15) is 0 Å². The van der Waals surface area contributed by atoms with E-state index in [2.05, 4.69) is 43.9 Å². The Morgan fingerprint density at radius 3 is 2.82 bits per heavy atom.